The van der Waals surface area contributed by atoms with Crippen LogP contribution in [0.15, 0.2) is 24.3 Å². The molecule has 1 atom stereocenters. The van der Waals surface area contributed by atoms with Crippen LogP contribution in [0.4, 0.5) is 0 Å². The second kappa shape index (κ2) is 6.59. The predicted octanol–water partition coefficient (Wildman–Crippen LogP) is 3.40. The van der Waals surface area contributed by atoms with E-state index < -0.39 is 5.41 Å². The molecule has 0 spiro atoms. The number of carbonyl (C=O) groups is 1. The first kappa shape index (κ1) is 15.8. The molecule has 1 aromatic rings. The summed E-state index contributed by atoms with van der Waals surface area (Å²) in [4.78, 5) is 13.1. The van der Waals surface area contributed by atoms with E-state index in [9.17, 15) is 4.79 Å². The number of hydrogen-bond acceptors (Lipinski definition) is 2. The van der Waals surface area contributed by atoms with E-state index in [1.54, 1.807) is 0 Å². The van der Waals surface area contributed by atoms with E-state index in [1.807, 2.05) is 24.3 Å². The highest BCUT2D eigenvalue weighted by Crippen LogP contribution is 2.41. The highest BCUT2D eigenvalue weighted by Gasteiger charge is 2.43. The number of nitrogens with one attached hydrogen (secondary N) is 1. The lowest BCUT2D eigenvalue weighted by molar-refractivity contribution is -0.128. The summed E-state index contributed by atoms with van der Waals surface area (Å²) in [6.07, 6.45) is 7.64. The van der Waals surface area contributed by atoms with E-state index in [2.05, 4.69) is 5.32 Å². The normalized spacial score (nSPS) is 22.1. The summed E-state index contributed by atoms with van der Waals surface area (Å²) in [7, 11) is 0. The molecule has 4 heteroatoms. The first-order valence-electron chi connectivity index (χ1n) is 8.43. The Balaban J connectivity index is 1.84. The SMILES string of the molecule is NCC(NC(=O)C1(c2ccc(Cl)cc2)CCCCC1)C1CC1. The molecule has 3 nitrogen and oxygen atoms in total. The van der Waals surface area contributed by atoms with Crippen LogP contribution in [-0.4, -0.2) is 18.5 Å². The third-order valence-corrected chi connectivity index (χ3v) is 5.55. The van der Waals surface area contributed by atoms with Crippen molar-refractivity contribution in [2.75, 3.05) is 6.54 Å². The van der Waals surface area contributed by atoms with Gasteiger partial charge in [0.1, 0.15) is 0 Å². The minimum absolute atomic E-state index is 0.138. The second-order valence-electron chi connectivity index (χ2n) is 6.80. The standard InChI is InChI=1S/C18H25ClN2O/c19-15-8-6-14(7-9-15)18(10-2-1-3-11-18)17(22)21-16(12-20)13-4-5-13/h6-9,13,16H,1-5,10-12,20H2,(H,21,22). The van der Waals surface area contributed by atoms with Gasteiger partial charge in [-0.25, -0.2) is 0 Å². The Kier molecular flexibility index (Phi) is 4.74. The fraction of sp³-hybridized carbons (Fsp3) is 0.611. The molecule has 0 heterocycles. The molecule has 0 radical (unpaired) electrons. The molecule has 3 N–H and O–H groups in total. The topological polar surface area (TPSA) is 55.1 Å². The molecule has 3 rings (SSSR count). The van der Waals surface area contributed by atoms with Gasteiger partial charge in [-0.15, -0.1) is 0 Å². The maximum atomic E-state index is 13.1. The van der Waals surface area contributed by atoms with Crippen molar-refractivity contribution in [1.82, 2.24) is 5.32 Å². The van der Waals surface area contributed by atoms with Crippen LogP contribution in [0, 0.1) is 5.92 Å². The number of rotatable bonds is 5. The summed E-state index contributed by atoms with van der Waals surface area (Å²) in [5.41, 5.74) is 6.56. The van der Waals surface area contributed by atoms with Gasteiger partial charge in [-0.1, -0.05) is 43.0 Å². The quantitative estimate of drug-likeness (QED) is 0.873. The van der Waals surface area contributed by atoms with Crippen molar-refractivity contribution in [2.24, 2.45) is 11.7 Å². The zero-order valence-corrected chi connectivity index (χ0v) is 13.7. The number of benzene rings is 1. The van der Waals surface area contributed by atoms with Crippen LogP contribution in [0.2, 0.25) is 5.02 Å². The van der Waals surface area contributed by atoms with Gasteiger partial charge in [0.25, 0.3) is 0 Å². The Hall–Kier alpha value is -1.06. The van der Waals surface area contributed by atoms with E-state index in [4.69, 9.17) is 17.3 Å². The third kappa shape index (κ3) is 3.16. The number of hydrogen-bond donors (Lipinski definition) is 2. The molecule has 0 bridgehead atoms. The minimum atomic E-state index is -0.398. The van der Waals surface area contributed by atoms with Gasteiger partial charge < -0.3 is 11.1 Å². The summed E-state index contributed by atoms with van der Waals surface area (Å²) >= 11 is 6.02. The van der Waals surface area contributed by atoms with Crippen LogP contribution in [0.3, 0.4) is 0 Å². The fourth-order valence-electron chi connectivity index (χ4n) is 3.75. The summed E-state index contributed by atoms with van der Waals surface area (Å²) in [6, 6.07) is 7.95. The largest absolute Gasteiger partial charge is 0.351 e. The molecule has 2 aliphatic rings. The number of carbonyl (C=O) groups excluding carboxylic acids is 1. The molecule has 22 heavy (non-hydrogen) atoms. The van der Waals surface area contributed by atoms with Crippen LogP contribution in [0.5, 0.6) is 0 Å². The molecule has 2 aliphatic carbocycles. The van der Waals surface area contributed by atoms with Gasteiger partial charge in [0.05, 0.1) is 5.41 Å². The Morgan fingerprint density at radius 1 is 1.23 bits per heavy atom. The van der Waals surface area contributed by atoms with Crippen molar-refractivity contribution in [1.29, 1.82) is 0 Å². The van der Waals surface area contributed by atoms with E-state index in [0.717, 1.165) is 31.2 Å². The zero-order valence-electron chi connectivity index (χ0n) is 13.0. The predicted molar refractivity (Wildman–Crippen MR) is 89.9 cm³/mol. The highest BCUT2D eigenvalue weighted by molar-refractivity contribution is 6.30. The third-order valence-electron chi connectivity index (χ3n) is 5.30. The van der Waals surface area contributed by atoms with Crippen LogP contribution in [0.25, 0.3) is 0 Å². The van der Waals surface area contributed by atoms with Crippen molar-refractivity contribution < 1.29 is 4.79 Å². The van der Waals surface area contributed by atoms with Crippen molar-refractivity contribution >= 4 is 17.5 Å². The van der Waals surface area contributed by atoms with Gasteiger partial charge in [0.2, 0.25) is 5.91 Å². The van der Waals surface area contributed by atoms with Gasteiger partial charge >= 0.3 is 0 Å². The van der Waals surface area contributed by atoms with Crippen LogP contribution in [-0.2, 0) is 10.2 Å². The second-order valence-corrected chi connectivity index (χ2v) is 7.24. The molecular weight excluding hydrogens is 296 g/mol. The summed E-state index contributed by atoms with van der Waals surface area (Å²) in [5, 5.41) is 3.97. The monoisotopic (exact) mass is 320 g/mol. The zero-order chi connectivity index (χ0) is 15.6. The van der Waals surface area contributed by atoms with Gasteiger partial charge in [0, 0.05) is 17.6 Å². The summed E-state index contributed by atoms with van der Waals surface area (Å²) < 4.78 is 0. The first-order valence-corrected chi connectivity index (χ1v) is 8.80. The lowest BCUT2D eigenvalue weighted by Gasteiger charge is -2.37. The maximum Gasteiger partial charge on any atom is 0.230 e. The van der Waals surface area contributed by atoms with E-state index in [0.29, 0.717) is 17.5 Å². The Labute approximate surface area is 137 Å². The molecule has 120 valence electrons. The van der Waals surface area contributed by atoms with Gasteiger partial charge in [0.15, 0.2) is 0 Å². The first-order chi connectivity index (χ1) is 10.7. The Morgan fingerprint density at radius 2 is 1.86 bits per heavy atom. The van der Waals surface area contributed by atoms with E-state index in [1.165, 1.54) is 19.3 Å². The lowest BCUT2D eigenvalue weighted by atomic mass is 9.68. The van der Waals surface area contributed by atoms with E-state index in [-0.39, 0.29) is 11.9 Å². The smallest absolute Gasteiger partial charge is 0.230 e. The highest BCUT2D eigenvalue weighted by atomic mass is 35.5. The van der Waals surface area contributed by atoms with Crippen molar-refractivity contribution in [2.45, 2.75) is 56.4 Å². The molecule has 0 aliphatic heterocycles. The van der Waals surface area contributed by atoms with Gasteiger partial charge in [-0.05, 0) is 49.3 Å². The molecule has 1 amide bonds. The Bertz CT molecular complexity index is 518. The molecule has 1 unspecified atom stereocenters. The number of halogens is 1. The average Bonchev–Trinajstić information content (AvgIpc) is 3.38. The van der Waals surface area contributed by atoms with Crippen LogP contribution in [0.1, 0.15) is 50.5 Å². The van der Waals surface area contributed by atoms with Crippen molar-refractivity contribution in [3.05, 3.63) is 34.9 Å². The summed E-state index contributed by atoms with van der Waals surface area (Å²) in [5.74, 6) is 0.747. The van der Waals surface area contributed by atoms with E-state index >= 15 is 0 Å². The molecule has 1 aromatic carbocycles. The minimum Gasteiger partial charge on any atom is -0.351 e. The maximum absolute atomic E-state index is 13.1. The Morgan fingerprint density at radius 3 is 2.41 bits per heavy atom. The van der Waals surface area contributed by atoms with Crippen LogP contribution < -0.4 is 11.1 Å². The van der Waals surface area contributed by atoms with Crippen molar-refractivity contribution in [3.8, 4) is 0 Å². The molecule has 0 saturated heterocycles. The average molecular weight is 321 g/mol. The van der Waals surface area contributed by atoms with Gasteiger partial charge in [-0.2, -0.15) is 0 Å². The lowest BCUT2D eigenvalue weighted by Crippen LogP contribution is -2.51. The molecule has 2 saturated carbocycles. The van der Waals surface area contributed by atoms with Crippen molar-refractivity contribution in [3.63, 3.8) is 0 Å². The fourth-order valence-corrected chi connectivity index (χ4v) is 3.87. The van der Waals surface area contributed by atoms with Gasteiger partial charge in [-0.3, -0.25) is 4.79 Å². The van der Waals surface area contributed by atoms with Crippen LogP contribution >= 0.6 is 11.6 Å². The molecular formula is C18H25ClN2O. The summed E-state index contributed by atoms with van der Waals surface area (Å²) in [6.45, 7) is 0.535. The number of nitrogens with two attached hydrogens (primary N) is 1. The molecule has 0 aromatic heterocycles. The molecule has 2 fully saturated rings. The number of amides is 1.